The summed E-state index contributed by atoms with van der Waals surface area (Å²) in [6, 6.07) is 13.3. The zero-order valence-electron chi connectivity index (χ0n) is 25.0. The molecular formula is C33H47NO8. The number of hydrogen-bond donors (Lipinski definition) is 6. The van der Waals surface area contributed by atoms with Gasteiger partial charge in [-0.1, -0.05) is 49.6 Å². The lowest BCUT2D eigenvalue weighted by Crippen LogP contribution is -2.67. The normalized spacial score (nSPS) is 28.2. The molecule has 0 radical (unpaired) electrons. The summed E-state index contributed by atoms with van der Waals surface area (Å²) in [5, 5.41) is 55.2. The molecule has 3 unspecified atom stereocenters. The quantitative estimate of drug-likeness (QED) is 0.221. The van der Waals surface area contributed by atoms with Gasteiger partial charge in [-0.3, -0.25) is 4.79 Å². The largest absolute Gasteiger partial charge is 0.494 e. The molecule has 6 N–H and O–H groups in total. The average molecular weight is 586 g/mol. The first-order chi connectivity index (χ1) is 20.0. The number of ether oxygens (including phenoxy) is 2. The smallest absolute Gasteiger partial charge is 0.220 e. The van der Waals surface area contributed by atoms with Crippen molar-refractivity contribution < 1.29 is 39.8 Å². The molecule has 1 aliphatic carbocycles. The highest BCUT2D eigenvalue weighted by Crippen LogP contribution is 2.40. The van der Waals surface area contributed by atoms with E-state index < -0.39 is 42.7 Å². The maximum atomic E-state index is 12.4. The molecule has 0 bridgehead atoms. The van der Waals surface area contributed by atoms with Gasteiger partial charge in [0.2, 0.25) is 5.91 Å². The first-order valence-corrected chi connectivity index (χ1v) is 15.1. The third kappa shape index (κ3) is 7.33. The van der Waals surface area contributed by atoms with Crippen molar-refractivity contribution in [1.82, 2.24) is 5.32 Å². The van der Waals surface area contributed by atoms with Crippen molar-refractivity contribution >= 4 is 5.91 Å². The van der Waals surface area contributed by atoms with Crippen LogP contribution in [-0.4, -0.2) is 80.2 Å². The number of aryl methyl sites for hydroxylation is 1. The maximum absolute atomic E-state index is 12.4. The number of aliphatic hydroxyl groups is 5. The van der Waals surface area contributed by atoms with Gasteiger partial charge in [0, 0.05) is 12.0 Å². The van der Waals surface area contributed by atoms with Crippen LogP contribution in [0.3, 0.4) is 0 Å². The molecule has 1 saturated heterocycles. The molecular weight excluding hydrogens is 538 g/mol. The SMILES string of the molecule is Cc1ccc(C2O[C@](CO)(C(C)O)[C@@H](O)C(O)[C@H]2O)cc1Cc1ccc(OCCCC(=O)NC2(C)CCCCC2)cc1. The number of carbonyl (C=O) groups excluding carboxylic acids is 1. The summed E-state index contributed by atoms with van der Waals surface area (Å²) in [5.41, 5.74) is 1.70. The first kappa shape index (κ1) is 32.4. The van der Waals surface area contributed by atoms with Crippen LogP contribution in [-0.2, 0) is 16.0 Å². The number of aliphatic hydroxyl groups excluding tert-OH is 5. The van der Waals surface area contributed by atoms with Gasteiger partial charge >= 0.3 is 0 Å². The minimum atomic E-state index is -1.83. The Labute approximate surface area is 248 Å². The Morgan fingerprint density at radius 1 is 1.07 bits per heavy atom. The van der Waals surface area contributed by atoms with E-state index in [2.05, 4.69) is 12.2 Å². The van der Waals surface area contributed by atoms with Crippen LogP contribution in [0.4, 0.5) is 0 Å². The Morgan fingerprint density at radius 2 is 1.76 bits per heavy atom. The number of nitrogens with one attached hydrogen (secondary N) is 1. The van der Waals surface area contributed by atoms with Gasteiger partial charge in [-0.15, -0.1) is 0 Å². The summed E-state index contributed by atoms with van der Waals surface area (Å²) in [5.74, 6) is 0.814. The van der Waals surface area contributed by atoms with Crippen LogP contribution in [0.1, 0.15) is 87.2 Å². The molecule has 1 aliphatic heterocycles. The Kier molecular flexibility index (Phi) is 10.7. The fraction of sp³-hybridized carbons (Fsp3) is 0.606. The standard InChI is InChI=1S/C33H47NO8/c1-21-9-12-24(30-28(38)29(39)31(40)33(20-35,42-30)22(2)36)19-25(21)18-23-10-13-26(14-11-23)41-17-7-8-27(37)34-32(3)15-5-4-6-16-32/h9-14,19,22,28-31,35-36,38-40H,4-8,15-18,20H2,1-3H3,(H,34,37)/t22?,28-,29?,30?,31+,33-/m1/s1. The molecule has 9 heteroatoms. The molecule has 1 amide bonds. The fourth-order valence-corrected chi connectivity index (χ4v) is 6.17. The van der Waals surface area contributed by atoms with Crippen molar-refractivity contribution in [2.75, 3.05) is 13.2 Å². The van der Waals surface area contributed by atoms with Crippen LogP contribution in [0.25, 0.3) is 0 Å². The van der Waals surface area contributed by atoms with Crippen LogP contribution in [0.15, 0.2) is 42.5 Å². The number of benzene rings is 2. The second-order valence-electron chi connectivity index (χ2n) is 12.4. The Morgan fingerprint density at radius 3 is 2.40 bits per heavy atom. The third-order valence-electron chi connectivity index (χ3n) is 9.02. The van der Waals surface area contributed by atoms with Crippen LogP contribution >= 0.6 is 0 Å². The predicted molar refractivity (Wildman–Crippen MR) is 158 cm³/mol. The lowest BCUT2D eigenvalue weighted by molar-refractivity contribution is -0.303. The van der Waals surface area contributed by atoms with Crippen molar-refractivity contribution in [3.05, 3.63) is 64.7 Å². The van der Waals surface area contributed by atoms with E-state index in [1.807, 2.05) is 43.3 Å². The number of rotatable bonds is 11. The number of carbonyl (C=O) groups is 1. The topological polar surface area (TPSA) is 149 Å². The number of amides is 1. The van der Waals surface area contributed by atoms with E-state index in [0.717, 1.165) is 35.3 Å². The maximum Gasteiger partial charge on any atom is 0.220 e. The van der Waals surface area contributed by atoms with E-state index >= 15 is 0 Å². The van der Waals surface area contributed by atoms with Gasteiger partial charge in [-0.25, -0.2) is 0 Å². The Hall–Kier alpha value is -2.53. The summed E-state index contributed by atoms with van der Waals surface area (Å²) in [4.78, 5) is 12.4. The molecule has 2 fully saturated rings. The van der Waals surface area contributed by atoms with E-state index in [1.165, 1.54) is 26.2 Å². The Bertz CT molecular complexity index is 1180. The highest BCUT2D eigenvalue weighted by Gasteiger charge is 2.56. The zero-order chi connectivity index (χ0) is 30.5. The predicted octanol–water partition coefficient (Wildman–Crippen LogP) is 2.85. The molecule has 1 heterocycles. The number of hydrogen-bond acceptors (Lipinski definition) is 8. The molecule has 0 aromatic heterocycles. The second-order valence-corrected chi connectivity index (χ2v) is 12.4. The van der Waals surface area contributed by atoms with E-state index in [1.54, 1.807) is 6.07 Å². The van der Waals surface area contributed by atoms with Crippen molar-refractivity contribution in [2.24, 2.45) is 0 Å². The van der Waals surface area contributed by atoms with Crippen molar-refractivity contribution in [3.8, 4) is 5.75 Å². The Balaban J connectivity index is 1.34. The summed E-state index contributed by atoms with van der Waals surface area (Å²) in [6.07, 6.45) is 0.259. The lowest BCUT2D eigenvalue weighted by Gasteiger charge is -2.49. The molecule has 1 saturated carbocycles. The zero-order valence-corrected chi connectivity index (χ0v) is 25.0. The lowest BCUT2D eigenvalue weighted by atomic mass is 9.80. The summed E-state index contributed by atoms with van der Waals surface area (Å²) in [6.45, 7) is 5.21. The van der Waals surface area contributed by atoms with Gasteiger partial charge in [0.05, 0.1) is 19.3 Å². The van der Waals surface area contributed by atoms with E-state index in [9.17, 15) is 30.3 Å². The molecule has 2 aromatic rings. The molecule has 9 nitrogen and oxygen atoms in total. The van der Waals surface area contributed by atoms with E-state index in [0.29, 0.717) is 31.4 Å². The van der Waals surface area contributed by atoms with Crippen LogP contribution in [0.5, 0.6) is 5.75 Å². The molecule has 6 atom stereocenters. The van der Waals surface area contributed by atoms with E-state index in [-0.39, 0.29) is 11.4 Å². The molecule has 0 spiro atoms. The third-order valence-corrected chi connectivity index (χ3v) is 9.02. The second kappa shape index (κ2) is 13.8. The summed E-state index contributed by atoms with van der Waals surface area (Å²) >= 11 is 0. The average Bonchev–Trinajstić information content (AvgIpc) is 2.96. The summed E-state index contributed by atoms with van der Waals surface area (Å²) in [7, 11) is 0. The highest BCUT2D eigenvalue weighted by molar-refractivity contribution is 5.76. The molecule has 2 aromatic carbocycles. The van der Waals surface area contributed by atoms with Gasteiger partial charge in [0.1, 0.15) is 35.8 Å². The molecule has 42 heavy (non-hydrogen) atoms. The molecule has 4 rings (SSSR count). The van der Waals surface area contributed by atoms with Gasteiger partial charge in [-0.2, -0.15) is 0 Å². The summed E-state index contributed by atoms with van der Waals surface area (Å²) < 4.78 is 11.8. The van der Waals surface area contributed by atoms with Crippen LogP contribution < -0.4 is 10.1 Å². The van der Waals surface area contributed by atoms with Crippen molar-refractivity contribution in [1.29, 1.82) is 0 Å². The van der Waals surface area contributed by atoms with Gasteiger partial charge in [-0.05, 0) is 80.8 Å². The van der Waals surface area contributed by atoms with Gasteiger partial charge in [0.25, 0.3) is 0 Å². The molecule has 2 aliphatic rings. The van der Waals surface area contributed by atoms with Crippen LogP contribution in [0, 0.1) is 6.92 Å². The monoisotopic (exact) mass is 585 g/mol. The first-order valence-electron chi connectivity index (χ1n) is 15.1. The van der Waals surface area contributed by atoms with Crippen molar-refractivity contribution in [2.45, 2.75) is 114 Å². The highest BCUT2D eigenvalue weighted by atomic mass is 16.6. The van der Waals surface area contributed by atoms with Crippen LogP contribution in [0.2, 0.25) is 0 Å². The van der Waals surface area contributed by atoms with E-state index in [4.69, 9.17) is 9.47 Å². The molecule has 232 valence electrons. The van der Waals surface area contributed by atoms with Crippen molar-refractivity contribution in [3.63, 3.8) is 0 Å². The minimum Gasteiger partial charge on any atom is -0.494 e. The van der Waals surface area contributed by atoms with Gasteiger partial charge < -0.3 is 40.3 Å². The fourth-order valence-electron chi connectivity index (χ4n) is 6.17. The van der Waals surface area contributed by atoms with Gasteiger partial charge in [0.15, 0.2) is 0 Å². The minimum absolute atomic E-state index is 0.0705.